The van der Waals surface area contributed by atoms with Crippen LogP contribution in [-0.2, 0) is 48.1 Å². The molecule has 10 rings (SSSR count). The van der Waals surface area contributed by atoms with Crippen molar-refractivity contribution in [1.29, 1.82) is 0 Å². The van der Waals surface area contributed by atoms with Gasteiger partial charge in [0.05, 0.1) is 6.85 Å². The summed E-state index contributed by atoms with van der Waals surface area (Å²) in [7, 11) is 0. The van der Waals surface area contributed by atoms with Gasteiger partial charge in [-0.2, -0.15) is 22.9 Å². The Morgan fingerprint density at radius 3 is 1.67 bits per heavy atom. The quantitative estimate of drug-likeness (QED) is 0.113. The molecule has 7 aromatic carbocycles. The molecule has 390 valence electrons. The maximum Gasteiger partial charge on any atom is 0.231 e. The molecule has 0 atom stereocenters. The molecule has 0 aliphatic rings. The number of rotatable bonds is 8. The van der Waals surface area contributed by atoms with Crippen molar-refractivity contribution in [3.05, 3.63) is 204 Å². The molecule has 0 radical (unpaired) electrons. The monoisotopic (exact) mass is 1190 g/mol. The van der Waals surface area contributed by atoms with Crippen molar-refractivity contribution in [2.75, 3.05) is 0 Å². The van der Waals surface area contributed by atoms with Crippen molar-refractivity contribution in [1.82, 2.24) is 19.3 Å². The summed E-state index contributed by atoms with van der Waals surface area (Å²) in [4.78, 5) is 4.87. The van der Waals surface area contributed by atoms with E-state index >= 15 is 0 Å². The SMILES string of the molecule is [2H]c1c([2H])c([2H])c(-c2cccc(-c3cc(C(C)(C)C)cc(C(C)(C)C)c3)c2-[n+]2[c-]n(-c3[c-]c(Oc4[c-]c5c(cc4)c4ccccc4n5-c4cc(C(C)(C)C)ccn4)ccc3)nc2-c2cc(C(C)(C)C)cc(C(C)(C)C)c2)c([2H])c1[2H].[Pt]. The summed E-state index contributed by atoms with van der Waals surface area (Å²) in [6.07, 6.45) is 5.52. The Kier molecular flexibility index (Phi) is 12.5. The molecule has 0 N–H and O–H groups in total. The van der Waals surface area contributed by atoms with Crippen LogP contribution in [0.1, 0.15) is 139 Å². The first-order valence-electron chi connectivity index (χ1n) is 28.5. The number of fused-ring (bicyclic) bond motifs is 3. The molecule has 0 spiro atoms. The first kappa shape index (κ1) is 47.6. The standard InChI is InChI=1S/C69H71N5O.Pt/c1-65(2,3)48-33-34-70-62(41-48)74-60-30-20-19-27-58(60)59-32-31-55(43-61(59)74)75-54-26-21-25-53(42-54)73-44-72(64(71-73)47-37-51(68(10,11)12)40-52(38-47)69(13,14)15)63-56(45-23-17-16-18-24-45)28-22-29-57(63)46-35-49(66(4,5)6)39-50(36-46)67(7,8)9;/h16-41H,1-15H3;/q-2;/i16D,17D,18D,23D,24D;. The Balaban J connectivity index is 0.00000792. The number of benzene rings is 7. The normalized spacial score (nSPS) is 13.5. The molecule has 0 saturated carbocycles. The molecule has 3 heterocycles. The van der Waals surface area contributed by atoms with E-state index in [0.29, 0.717) is 34.3 Å². The number of aromatic nitrogens is 5. The summed E-state index contributed by atoms with van der Waals surface area (Å²) in [5, 5.41) is 7.55. The van der Waals surface area contributed by atoms with Gasteiger partial charge in [0, 0.05) is 55.5 Å². The van der Waals surface area contributed by atoms with E-state index in [1.54, 1.807) is 4.68 Å². The van der Waals surface area contributed by atoms with Crippen molar-refractivity contribution in [3.8, 4) is 62.3 Å². The third kappa shape index (κ3) is 10.8. The van der Waals surface area contributed by atoms with E-state index in [9.17, 15) is 2.74 Å². The van der Waals surface area contributed by atoms with Gasteiger partial charge in [-0.05, 0) is 112 Å². The summed E-state index contributed by atoms with van der Waals surface area (Å²) in [6.45, 7) is 33.1. The van der Waals surface area contributed by atoms with Gasteiger partial charge in [0.15, 0.2) is 0 Å². The van der Waals surface area contributed by atoms with Gasteiger partial charge in [0.25, 0.3) is 0 Å². The number of hydrogen-bond donors (Lipinski definition) is 0. The molecular weight excluding hydrogens is 1110 g/mol. The predicted molar refractivity (Wildman–Crippen MR) is 310 cm³/mol. The van der Waals surface area contributed by atoms with Gasteiger partial charge in [-0.3, -0.25) is 0 Å². The number of para-hydroxylation sites is 2. The fourth-order valence-electron chi connectivity index (χ4n) is 9.55. The van der Waals surface area contributed by atoms with E-state index in [1.807, 2.05) is 65.4 Å². The van der Waals surface area contributed by atoms with Crippen molar-refractivity contribution in [2.45, 2.75) is 131 Å². The van der Waals surface area contributed by atoms with Crippen LogP contribution < -0.4 is 9.30 Å². The average molecular weight is 1190 g/mol. The summed E-state index contributed by atoms with van der Waals surface area (Å²) in [5.74, 6) is 2.21. The number of pyridine rings is 1. The molecule has 3 aromatic heterocycles. The molecule has 0 saturated heterocycles. The Hall–Kier alpha value is -6.88. The van der Waals surface area contributed by atoms with Crippen LogP contribution in [0.4, 0.5) is 0 Å². The molecule has 76 heavy (non-hydrogen) atoms. The Bertz CT molecular complexity index is 3990. The fraction of sp³-hybridized carbons (Fsp3) is 0.290. The van der Waals surface area contributed by atoms with E-state index in [-0.39, 0.29) is 65.8 Å². The number of hydrogen-bond acceptors (Lipinski definition) is 3. The minimum absolute atomic E-state index is 0. The topological polar surface area (TPSA) is 48.8 Å². The van der Waals surface area contributed by atoms with E-state index in [4.69, 9.17) is 18.9 Å². The van der Waals surface area contributed by atoms with Crippen molar-refractivity contribution in [3.63, 3.8) is 0 Å². The van der Waals surface area contributed by atoms with Crippen LogP contribution in [0, 0.1) is 18.5 Å². The Morgan fingerprint density at radius 1 is 0.513 bits per heavy atom. The first-order chi connectivity index (χ1) is 37.4. The zero-order valence-electron chi connectivity index (χ0n) is 51.6. The van der Waals surface area contributed by atoms with Gasteiger partial charge in [-0.25, -0.2) is 4.98 Å². The zero-order valence-corrected chi connectivity index (χ0v) is 48.9. The van der Waals surface area contributed by atoms with Gasteiger partial charge < -0.3 is 13.9 Å². The van der Waals surface area contributed by atoms with Gasteiger partial charge in [0.2, 0.25) is 12.2 Å². The van der Waals surface area contributed by atoms with Crippen molar-refractivity contribution < 1.29 is 37.2 Å². The number of ether oxygens (including phenoxy) is 1. The van der Waals surface area contributed by atoms with Crippen LogP contribution in [0.3, 0.4) is 0 Å². The van der Waals surface area contributed by atoms with Crippen LogP contribution in [-0.4, -0.2) is 19.3 Å². The zero-order chi connectivity index (χ0) is 57.8. The van der Waals surface area contributed by atoms with E-state index in [1.165, 1.54) is 5.56 Å². The second kappa shape index (κ2) is 19.9. The van der Waals surface area contributed by atoms with Crippen LogP contribution in [0.25, 0.3) is 72.6 Å². The summed E-state index contributed by atoms with van der Waals surface area (Å²) >= 11 is 0. The van der Waals surface area contributed by atoms with E-state index in [0.717, 1.165) is 66.6 Å². The minimum atomic E-state index is -0.462. The molecular formula is C69H71N5OPt-2. The van der Waals surface area contributed by atoms with Gasteiger partial charge >= 0.3 is 0 Å². The van der Waals surface area contributed by atoms with Crippen LogP contribution in [0.15, 0.2) is 158 Å². The molecule has 0 aliphatic carbocycles. The molecule has 0 aliphatic heterocycles. The maximum absolute atomic E-state index is 9.43. The third-order valence-electron chi connectivity index (χ3n) is 14.1. The average Bonchev–Trinajstić information content (AvgIpc) is 4.19. The second-order valence-electron chi connectivity index (χ2n) is 25.1. The smallest absolute Gasteiger partial charge is 0.231 e. The van der Waals surface area contributed by atoms with Crippen molar-refractivity contribution in [2.24, 2.45) is 0 Å². The van der Waals surface area contributed by atoms with Crippen LogP contribution in [0.2, 0.25) is 0 Å². The van der Waals surface area contributed by atoms with Crippen molar-refractivity contribution >= 4 is 21.8 Å². The fourth-order valence-corrected chi connectivity index (χ4v) is 9.55. The van der Waals surface area contributed by atoms with Crippen LogP contribution >= 0.6 is 0 Å². The van der Waals surface area contributed by atoms with Gasteiger partial charge in [-0.1, -0.05) is 212 Å². The van der Waals surface area contributed by atoms with Gasteiger partial charge in [-0.15, -0.1) is 29.7 Å². The van der Waals surface area contributed by atoms with Gasteiger partial charge in [0.1, 0.15) is 5.82 Å². The molecule has 10 aromatic rings. The Labute approximate surface area is 473 Å². The molecule has 7 heteroatoms. The molecule has 6 nitrogen and oxygen atoms in total. The second-order valence-corrected chi connectivity index (χ2v) is 25.1. The third-order valence-corrected chi connectivity index (χ3v) is 14.1. The molecule has 0 fully saturated rings. The first-order valence-corrected chi connectivity index (χ1v) is 26.0. The van der Waals surface area contributed by atoms with Crippen LogP contribution in [0.5, 0.6) is 11.5 Å². The molecule has 0 bridgehead atoms. The molecule has 0 amide bonds. The Morgan fingerprint density at radius 2 is 1.07 bits per heavy atom. The number of nitrogens with zero attached hydrogens (tertiary/aromatic N) is 5. The predicted octanol–water partition coefficient (Wildman–Crippen LogP) is 17.3. The summed E-state index contributed by atoms with van der Waals surface area (Å²) in [5.41, 5.74) is 10.5. The van der Waals surface area contributed by atoms with E-state index in [2.05, 4.69) is 194 Å². The van der Waals surface area contributed by atoms with E-state index < -0.39 is 18.1 Å². The molecule has 0 unspecified atom stereocenters. The summed E-state index contributed by atoms with van der Waals surface area (Å²) < 4.78 is 57.7. The largest absolute Gasteiger partial charge is 0.510 e. The maximum atomic E-state index is 9.43. The summed E-state index contributed by atoms with van der Waals surface area (Å²) in [6, 6.07) is 46.5. The minimum Gasteiger partial charge on any atom is -0.510 e.